The van der Waals surface area contributed by atoms with Crippen LogP contribution in [0.5, 0.6) is 0 Å². The van der Waals surface area contributed by atoms with Crippen molar-refractivity contribution in [1.82, 2.24) is 0 Å². The molecule has 7 rings (SSSR count). The molecule has 4 aromatic carbocycles. The SMILES string of the molecule is CC1Cc2cccc(-c3cc(-c4ccccc4)cc4c3BC(=C\N)/C=C\C=C/4C(C)(C)C3=CC=CCC3)c2Nc2ccccc21. The molecule has 3 N–H and O–H groups in total. The highest BCUT2D eigenvalue weighted by atomic mass is 14.9. The van der Waals surface area contributed by atoms with E-state index in [9.17, 15) is 0 Å². The largest absolute Gasteiger partial charge is 0.405 e. The molecule has 2 nitrogen and oxygen atoms in total. The summed E-state index contributed by atoms with van der Waals surface area (Å²) in [5.74, 6) is 0.423. The lowest BCUT2D eigenvalue weighted by Crippen LogP contribution is -2.29. The zero-order valence-corrected chi connectivity index (χ0v) is 26.6. The minimum atomic E-state index is -0.152. The summed E-state index contributed by atoms with van der Waals surface area (Å²) < 4.78 is 0. The second-order valence-electron chi connectivity index (χ2n) is 13.2. The van der Waals surface area contributed by atoms with Crippen molar-refractivity contribution in [3.8, 4) is 22.3 Å². The van der Waals surface area contributed by atoms with Crippen LogP contribution >= 0.6 is 0 Å². The molecule has 2 heterocycles. The zero-order valence-electron chi connectivity index (χ0n) is 26.6. The summed E-state index contributed by atoms with van der Waals surface area (Å²) in [6, 6.07) is 31.3. The minimum absolute atomic E-state index is 0.152. The Balaban J connectivity index is 1.52. The lowest BCUT2D eigenvalue weighted by atomic mass is 9.56. The van der Waals surface area contributed by atoms with Crippen molar-refractivity contribution in [3.63, 3.8) is 0 Å². The van der Waals surface area contributed by atoms with Gasteiger partial charge in [-0.25, -0.2) is 0 Å². The van der Waals surface area contributed by atoms with Crippen molar-refractivity contribution >= 4 is 29.7 Å². The first-order chi connectivity index (χ1) is 21.9. The van der Waals surface area contributed by atoms with Gasteiger partial charge in [-0.3, -0.25) is 0 Å². The molecule has 0 saturated heterocycles. The third-order valence-electron chi connectivity index (χ3n) is 10.0. The number of nitrogens with two attached hydrogens (primary N) is 1. The van der Waals surface area contributed by atoms with E-state index in [0.29, 0.717) is 5.92 Å². The van der Waals surface area contributed by atoms with E-state index in [1.165, 1.54) is 66.9 Å². The summed E-state index contributed by atoms with van der Waals surface area (Å²) in [4.78, 5) is 0. The van der Waals surface area contributed by atoms with Crippen LogP contribution in [0.15, 0.2) is 139 Å². The molecule has 2 aliphatic heterocycles. The Labute approximate surface area is 269 Å². The number of anilines is 2. The van der Waals surface area contributed by atoms with Gasteiger partial charge >= 0.3 is 0 Å². The van der Waals surface area contributed by atoms with Crippen LogP contribution in [0.2, 0.25) is 0 Å². The number of benzene rings is 4. The van der Waals surface area contributed by atoms with Gasteiger partial charge in [0.2, 0.25) is 0 Å². The van der Waals surface area contributed by atoms with Gasteiger partial charge in [0.15, 0.2) is 7.28 Å². The van der Waals surface area contributed by atoms with Gasteiger partial charge in [-0.1, -0.05) is 140 Å². The fourth-order valence-electron chi connectivity index (χ4n) is 7.47. The predicted molar refractivity (Wildman–Crippen MR) is 196 cm³/mol. The van der Waals surface area contributed by atoms with Crippen molar-refractivity contribution in [2.45, 2.75) is 46.0 Å². The highest BCUT2D eigenvalue weighted by Crippen LogP contribution is 2.47. The number of rotatable bonds is 4. The van der Waals surface area contributed by atoms with Crippen LogP contribution < -0.4 is 16.5 Å². The molecule has 0 spiro atoms. The topological polar surface area (TPSA) is 38.0 Å². The maximum absolute atomic E-state index is 6.26. The van der Waals surface area contributed by atoms with Gasteiger partial charge in [0.05, 0.1) is 0 Å². The maximum Gasteiger partial charge on any atom is 0.195 e. The standard InChI is InChI=1S/C42H41BN2/c1-28-24-30-16-12-21-35(41(30)45-39-23-11-10-20-34(28)39)36-25-31(29-14-6-4-7-15-29)26-37-38(22-13-19-33(27-44)43-40(36)37)42(2,3)32-17-8-5-9-18-32/h4-8,10-17,19-23,25-28,43,45H,9,18,24,44H2,1-3H3/b19-13-,33-27-,38-22+. The van der Waals surface area contributed by atoms with E-state index in [0.717, 1.165) is 32.0 Å². The summed E-state index contributed by atoms with van der Waals surface area (Å²) in [7, 11) is 0.760. The van der Waals surface area contributed by atoms with Gasteiger partial charge in [0, 0.05) is 22.4 Å². The van der Waals surface area contributed by atoms with Gasteiger partial charge in [-0.15, -0.1) is 0 Å². The third-order valence-corrected chi connectivity index (χ3v) is 10.0. The van der Waals surface area contributed by atoms with E-state index < -0.39 is 0 Å². The molecular formula is C42H41BN2. The molecule has 0 aromatic heterocycles. The zero-order chi connectivity index (χ0) is 31.0. The Kier molecular flexibility index (Phi) is 7.71. The summed E-state index contributed by atoms with van der Waals surface area (Å²) in [6.07, 6.45) is 18.5. The molecule has 0 saturated carbocycles. The number of hydrogen-bond donors (Lipinski definition) is 2. The van der Waals surface area contributed by atoms with E-state index in [1.54, 1.807) is 6.20 Å². The van der Waals surface area contributed by atoms with Gasteiger partial charge < -0.3 is 11.1 Å². The molecule has 1 atom stereocenters. The van der Waals surface area contributed by atoms with Crippen LogP contribution in [0.4, 0.5) is 11.4 Å². The van der Waals surface area contributed by atoms with E-state index in [4.69, 9.17) is 5.73 Å². The Morgan fingerprint density at radius 1 is 0.844 bits per heavy atom. The van der Waals surface area contributed by atoms with Gasteiger partial charge in [-0.2, -0.15) is 0 Å². The fraction of sp³-hybridized carbons (Fsp3) is 0.190. The molecule has 0 radical (unpaired) electrons. The van der Waals surface area contributed by atoms with Gasteiger partial charge in [0.1, 0.15) is 0 Å². The molecule has 0 bridgehead atoms. The average Bonchev–Trinajstić information content (AvgIpc) is 3.21. The van der Waals surface area contributed by atoms with Crippen LogP contribution in [-0.2, 0) is 6.42 Å². The summed E-state index contributed by atoms with van der Waals surface area (Å²) in [5, 5.41) is 3.93. The van der Waals surface area contributed by atoms with E-state index in [1.807, 2.05) is 0 Å². The van der Waals surface area contributed by atoms with Crippen molar-refractivity contribution in [2.75, 3.05) is 5.32 Å². The number of fused-ring (bicyclic) bond motifs is 3. The normalized spacial score (nSPS) is 20.1. The first-order valence-electron chi connectivity index (χ1n) is 16.3. The van der Waals surface area contributed by atoms with E-state index in [-0.39, 0.29) is 5.41 Å². The Morgan fingerprint density at radius 2 is 1.64 bits per heavy atom. The second kappa shape index (κ2) is 12.0. The fourth-order valence-corrected chi connectivity index (χ4v) is 7.47. The Morgan fingerprint density at radius 3 is 2.44 bits per heavy atom. The average molecular weight is 585 g/mol. The van der Waals surface area contributed by atoms with Crippen LogP contribution in [0.3, 0.4) is 0 Å². The Hall–Kier alpha value is -4.76. The predicted octanol–water partition coefficient (Wildman–Crippen LogP) is 9.54. The molecule has 1 aliphatic carbocycles. The number of allylic oxidation sites excluding steroid dienone is 9. The summed E-state index contributed by atoms with van der Waals surface area (Å²) >= 11 is 0. The first kappa shape index (κ1) is 29.0. The Bertz CT molecular complexity index is 1920. The highest BCUT2D eigenvalue weighted by molar-refractivity contribution is 6.64. The molecular weight excluding hydrogens is 543 g/mol. The summed E-state index contributed by atoms with van der Waals surface area (Å²) in [6.45, 7) is 7.13. The second-order valence-corrected chi connectivity index (χ2v) is 13.2. The molecule has 45 heavy (non-hydrogen) atoms. The lowest BCUT2D eigenvalue weighted by Gasteiger charge is -2.35. The van der Waals surface area contributed by atoms with Gasteiger partial charge in [0.25, 0.3) is 0 Å². The highest BCUT2D eigenvalue weighted by Gasteiger charge is 2.32. The number of para-hydroxylation sites is 2. The third kappa shape index (κ3) is 5.42. The summed E-state index contributed by atoms with van der Waals surface area (Å²) in [5.41, 5.74) is 22.7. The number of nitrogens with one attached hydrogen (secondary N) is 1. The van der Waals surface area contributed by atoms with Crippen LogP contribution in [0.1, 0.15) is 56.2 Å². The van der Waals surface area contributed by atoms with Crippen molar-refractivity contribution < 1.29 is 0 Å². The molecule has 4 aromatic rings. The van der Waals surface area contributed by atoms with E-state index in [2.05, 4.69) is 147 Å². The molecule has 3 aliphatic rings. The van der Waals surface area contributed by atoms with Crippen LogP contribution in [0, 0.1) is 5.41 Å². The van der Waals surface area contributed by atoms with Crippen LogP contribution in [0.25, 0.3) is 27.8 Å². The minimum Gasteiger partial charge on any atom is -0.405 e. The maximum atomic E-state index is 6.26. The lowest BCUT2D eigenvalue weighted by molar-refractivity contribution is 0.570. The molecule has 0 amide bonds. The van der Waals surface area contributed by atoms with Crippen molar-refractivity contribution in [1.29, 1.82) is 0 Å². The molecule has 222 valence electrons. The van der Waals surface area contributed by atoms with Crippen molar-refractivity contribution in [2.24, 2.45) is 11.1 Å². The van der Waals surface area contributed by atoms with Gasteiger partial charge in [-0.05, 0) is 88.5 Å². The van der Waals surface area contributed by atoms with E-state index >= 15 is 0 Å². The quantitative estimate of drug-likeness (QED) is 0.235. The number of hydrogen-bond acceptors (Lipinski definition) is 2. The first-order valence-corrected chi connectivity index (χ1v) is 16.3. The van der Waals surface area contributed by atoms with Crippen LogP contribution in [-0.4, -0.2) is 7.28 Å². The molecule has 3 heteroatoms. The molecule has 1 unspecified atom stereocenters. The molecule has 0 fully saturated rings. The van der Waals surface area contributed by atoms with Crippen molar-refractivity contribution in [3.05, 3.63) is 155 Å². The smallest absolute Gasteiger partial charge is 0.195 e. The monoisotopic (exact) mass is 584 g/mol.